The van der Waals surface area contributed by atoms with Gasteiger partial charge in [0.1, 0.15) is 0 Å². The number of ether oxygens (including phenoxy) is 1. The fourth-order valence-corrected chi connectivity index (χ4v) is 4.05. The molecule has 2 aromatic rings. The van der Waals surface area contributed by atoms with E-state index in [1.807, 2.05) is 24.3 Å². The lowest BCUT2D eigenvalue weighted by Gasteiger charge is -2.29. The molecule has 24 heavy (non-hydrogen) atoms. The summed E-state index contributed by atoms with van der Waals surface area (Å²) >= 11 is 0. The number of hydrogen-bond acceptors (Lipinski definition) is 5. The second-order valence-electron chi connectivity index (χ2n) is 5.73. The van der Waals surface area contributed by atoms with Crippen LogP contribution in [0.15, 0.2) is 41.3 Å². The van der Waals surface area contributed by atoms with E-state index in [2.05, 4.69) is 14.6 Å². The van der Waals surface area contributed by atoms with Crippen molar-refractivity contribution in [2.75, 3.05) is 20.7 Å². The van der Waals surface area contributed by atoms with E-state index in [0.717, 1.165) is 23.4 Å². The zero-order chi connectivity index (χ0) is 17.2. The van der Waals surface area contributed by atoms with E-state index >= 15 is 0 Å². The normalized spacial score (nSPS) is 15.1. The van der Waals surface area contributed by atoms with Crippen molar-refractivity contribution < 1.29 is 13.2 Å². The van der Waals surface area contributed by atoms with Gasteiger partial charge < -0.3 is 4.74 Å². The summed E-state index contributed by atoms with van der Waals surface area (Å²) < 4.78 is 31.9. The molecule has 6 nitrogen and oxygen atoms in total. The molecule has 0 bridgehead atoms. The molecule has 3 rings (SSSR count). The third-order valence-electron chi connectivity index (χ3n) is 4.24. The first kappa shape index (κ1) is 16.9. The Morgan fingerprint density at radius 2 is 2.04 bits per heavy atom. The summed E-state index contributed by atoms with van der Waals surface area (Å²) in [4.78, 5) is 7.10. The summed E-state index contributed by atoms with van der Waals surface area (Å²) in [6.07, 6.45) is 0.705. The van der Waals surface area contributed by atoms with Crippen molar-refractivity contribution in [3.63, 3.8) is 0 Å². The SMILES string of the molecule is CNS(=O)(=O)c1cccc2c1CCN(Cc1cccc(OC)n1)C2. The quantitative estimate of drug-likeness (QED) is 0.889. The van der Waals surface area contributed by atoms with Crippen LogP contribution in [0.5, 0.6) is 5.88 Å². The number of nitrogens with zero attached hydrogens (tertiary/aromatic N) is 2. The van der Waals surface area contributed by atoms with Gasteiger partial charge in [0.25, 0.3) is 0 Å². The minimum Gasteiger partial charge on any atom is -0.481 e. The molecule has 7 heteroatoms. The largest absolute Gasteiger partial charge is 0.481 e. The highest BCUT2D eigenvalue weighted by Crippen LogP contribution is 2.26. The van der Waals surface area contributed by atoms with Gasteiger partial charge in [0.2, 0.25) is 15.9 Å². The molecular formula is C17H21N3O3S. The third kappa shape index (κ3) is 3.43. The van der Waals surface area contributed by atoms with Gasteiger partial charge in [0, 0.05) is 25.7 Å². The molecule has 0 aliphatic carbocycles. The van der Waals surface area contributed by atoms with Gasteiger partial charge in [-0.1, -0.05) is 18.2 Å². The molecule has 0 amide bonds. The first-order valence-electron chi connectivity index (χ1n) is 7.80. The topological polar surface area (TPSA) is 71.5 Å². The van der Waals surface area contributed by atoms with Crippen LogP contribution in [0.2, 0.25) is 0 Å². The maximum Gasteiger partial charge on any atom is 0.240 e. The number of hydrogen-bond donors (Lipinski definition) is 1. The van der Waals surface area contributed by atoms with Gasteiger partial charge in [-0.15, -0.1) is 0 Å². The van der Waals surface area contributed by atoms with Crippen LogP contribution in [-0.4, -0.2) is 39.0 Å². The molecule has 0 radical (unpaired) electrons. The summed E-state index contributed by atoms with van der Waals surface area (Å²) in [5, 5.41) is 0. The minimum atomic E-state index is -3.42. The van der Waals surface area contributed by atoms with Crippen LogP contribution in [0.3, 0.4) is 0 Å². The second kappa shape index (κ2) is 6.88. The Balaban J connectivity index is 1.81. The third-order valence-corrected chi connectivity index (χ3v) is 5.74. The second-order valence-corrected chi connectivity index (χ2v) is 7.59. The number of rotatable bonds is 5. The predicted molar refractivity (Wildman–Crippen MR) is 91.3 cm³/mol. The standard InChI is InChI=1S/C17H21N3O3S/c1-18-24(21,22)16-7-3-5-13-11-20(10-9-15(13)16)12-14-6-4-8-17(19-14)23-2/h3-8,18H,9-12H2,1-2H3. The number of methoxy groups -OCH3 is 1. The van der Waals surface area contributed by atoms with Gasteiger partial charge in [-0.3, -0.25) is 4.90 Å². The van der Waals surface area contributed by atoms with Gasteiger partial charge in [-0.2, -0.15) is 0 Å². The lowest BCUT2D eigenvalue weighted by atomic mass is 9.99. The van der Waals surface area contributed by atoms with Crippen molar-refractivity contribution in [1.29, 1.82) is 0 Å². The molecule has 0 saturated carbocycles. The van der Waals surface area contributed by atoms with Crippen LogP contribution >= 0.6 is 0 Å². The average Bonchev–Trinajstić information content (AvgIpc) is 2.61. The van der Waals surface area contributed by atoms with Crippen molar-refractivity contribution in [3.05, 3.63) is 53.2 Å². The molecular weight excluding hydrogens is 326 g/mol. The Hall–Kier alpha value is -1.96. The van der Waals surface area contributed by atoms with E-state index in [1.165, 1.54) is 7.05 Å². The average molecular weight is 347 g/mol. The lowest BCUT2D eigenvalue weighted by molar-refractivity contribution is 0.240. The van der Waals surface area contributed by atoms with Gasteiger partial charge >= 0.3 is 0 Å². The van der Waals surface area contributed by atoms with E-state index < -0.39 is 10.0 Å². The summed E-state index contributed by atoms with van der Waals surface area (Å²) in [5.74, 6) is 0.604. The molecule has 0 saturated heterocycles. The van der Waals surface area contributed by atoms with Crippen LogP contribution in [0.4, 0.5) is 0 Å². The number of benzene rings is 1. The summed E-state index contributed by atoms with van der Waals surface area (Å²) in [6.45, 7) is 2.21. The highest BCUT2D eigenvalue weighted by molar-refractivity contribution is 7.89. The van der Waals surface area contributed by atoms with Crippen LogP contribution in [-0.2, 0) is 29.5 Å². The van der Waals surface area contributed by atoms with Crippen LogP contribution < -0.4 is 9.46 Å². The zero-order valence-electron chi connectivity index (χ0n) is 13.8. The Labute approximate surface area is 142 Å². The maximum atomic E-state index is 12.2. The highest BCUT2D eigenvalue weighted by Gasteiger charge is 2.24. The van der Waals surface area contributed by atoms with Crippen LogP contribution in [0.1, 0.15) is 16.8 Å². The maximum absolute atomic E-state index is 12.2. The van der Waals surface area contributed by atoms with Crippen molar-refractivity contribution in [3.8, 4) is 5.88 Å². The molecule has 0 spiro atoms. The fraction of sp³-hybridized carbons (Fsp3) is 0.353. The van der Waals surface area contributed by atoms with E-state index in [4.69, 9.17) is 4.74 Å². The molecule has 1 aliphatic rings. The van der Waals surface area contributed by atoms with E-state index in [1.54, 1.807) is 19.2 Å². The van der Waals surface area contributed by atoms with Crippen LogP contribution in [0, 0.1) is 0 Å². The molecule has 0 unspecified atom stereocenters. The monoisotopic (exact) mass is 347 g/mol. The molecule has 1 aromatic carbocycles. The smallest absolute Gasteiger partial charge is 0.240 e. The molecule has 1 N–H and O–H groups in total. The Morgan fingerprint density at radius 1 is 1.25 bits per heavy atom. The van der Waals surface area contributed by atoms with Gasteiger partial charge in [0.05, 0.1) is 17.7 Å². The summed E-state index contributed by atoms with van der Waals surface area (Å²) in [7, 11) is -0.375. The van der Waals surface area contributed by atoms with Crippen LogP contribution in [0.25, 0.3) is 0 Å². The Bertz CT molecular complexity index is 837. The predicted octanol–water partition coefficient (Wildman–Crippen LogP) is 1.56. The number of nitrogens with one attached hydrogen (secondary N) is 1. The zero-order valence-corrected chi connectivity index (χ0v) is 14.6. The molecule has 0 fully saturated rings. The van der Waals surface area contributed by atoms with Crippen molar-refractivity contribution in [2.24, 2.45) is 0 Å². The minimum absolute atomic E-state index is 0.390. The molecule has 128 valence electrons. The summed E-state index contributed by atoms with van der Waals surface area (Å²) in [5.41, 5.74) is 2.92. The van der Waals surface area contributed by atoms with E-state index in [-0.39, 0.29) is 0 Å². The molecule has 1 aromatic heterocycles. The van der Waals surface area contributed by atoms with Gasteiger partial charge in [-0.05, 0) is 36.7 Å². The molecule has 2 heterocycles. The van der Waals surface area contributed by atoms with E-state index in [0.29, 0.717) is 30.3 Å². The number of aromatic nitrogens is 1. The van der Waals surface area contributed by atoms with Crippen molar-refractivity contribution in [2.45, 2.75) is 24.4 Å². The van der Waals surface area contributed by atoms with Gasteiger partial charge in [-0.25, -0.2) is 18.1 Å². The summed E-state index contributed by atoms with van der Waals surface area (Å²) in [6, 6.07) is 11.2. The first-order chi connectivity index (χ1) is 11.5. The van der Waals surface area contributed by atoms with E-state index in [9.17, 15) is 8.42 Å². The Kier molecular flexibility index (Phi) is 4.84. The molecule has 0 atom stereocenters. The Morgan fingerprint density at radius 3 is 2.79 bits per heavy atom. The number of sulfonamides is 1. The number of pyridine rings is 1. The van der Waals surface area contributed by atoms with Gasteiger partial charge in [0.15, 0.2) is 0 Å². The molecule has 1 aliphatic heterocycles. The highest BCUT2D eigenvalue weighted by atomic mass is 32.2. The number of fused-ring (bicyclic) bond motifs is 1. The first-order valence-corrected chi connectivity index (χ1v) is 9.28. The van der Waals surface area contributed by atoms with Crippen molar-refractivity contribution in [1.82, 2.24) is 14.6 Å². The fourth-order valence-electron chi connectivity index (χ4n) is 3.02. The van der Waals surface area contributed by atoms with Crippen molar-refractivity contribution >= 4 is 10.0 Å². The lowest BCUT2D eigenvalue weighted by Crippen LogP contribution is -2.32.